The zero-order valence-corrected chi connectivity index (χ0v) is 4.59. The Morgan fingerprint density at radius 2 is 2.62 bits per heavy atom. The van der Waals surface area contributed by atoms with Crippen LogP contribution in [0.1, 0.15) is 0 Å². The van der Waals surface area contributed by atoms with Gasteiger partial charge >= 0.3 is 0 Å². The lowest BCUT2D eigenvalue weighted by atomic mass is 10.5. The Bertz CT molecular complexity index is 63.1. The first-order valence-corrected chi connectivity index (χ1v) is 2.61. The molecule has 48 valence electrons. The van der Waals surface area contributed by atoms with E-state index >= 15 is 0 Å². The van der Waals surface area contributed by atoms with E-state index in [2.05, 4.69) is 10.2 Å². The summed E-state index contributed by atoms with van der Waals surface area (Å²) in [5.74, 6) is 4.84. The minimum Gasteiger partial charge on any atom is -0.348 e. The van der Waals surface area contributed by atoms with E-state index in [0.29, 0.717) is 13.2 Å². The Balaban J connectivity index is 2.13. The van der Waals surface area contributed by atoms with E-state index < -0.39 is 0 Å². The predicted molar refractivity (Wildman–Crippen MR) is 27.9 cm³/mol. The highest BCUT2D eigenvalue weighted by Gasteiger charge is 2.10. The fraction of sp³-hybridized carbons (Fsp3) is 1.00. The number of ether oxygens (including phenoxy) is 1. The van der Waals surface area contributed by atoms with Gasteiger partial charge in [-0.25, -0.2) is 5.90 Å². The molecule has 1 saturated heterocycles. The van der Waals surface area contributed by atoms with E-state index in [9.17, 15) is 0 Å². The van der Waals surface area contributed by atoms with E-state index in [4.69, 9.17) is 10.6 Å². The molecule has 3 N–H and O–H groups in total. The van der Waals surface area contributed by atoms with Crippen LogP contribution in [0.15, 0.2) is 0 Å². The van der Waals surface area contributed by atoms with Crippen LogP contribution in [-0.4, -0.2) is 26.0 Å². The van der Waals surface area contributed by atoms with Crippen molar-refractivity contribution in [3.8, 4) is 0 Å². The van der Waals surface area contributed by atoms with Crippen molar-refractivity contribution in [1.29, 1.82) is 0 Å². The molecule has 1 fully saturated rings. The standard InChI is InChI=1S/C4H10N2O2/c5-8-4-3-6-1-2-7-4/h4,6H,1-3,5H2. The molecule has 4 nitrogen and oxygen atoms in total. The van der Waals surface area contributed by atoms with Gasteiger partial charge in [0.2, 0.25) is 0 Å². The molecular weight excluding hydrogens is 108 g/mol. The number of morpholine rings is 1. The quantitative estimate of drug-likeness (QED) is 0.426. The normalized spacial score (nSPS) is 30.4. The van der Waals surface area contributed by atoms with Crippen LogP contribution >= 0.6 is 0 Å². The van der Waals surface area contributed by atoms with Crippen LogP contribution in [0.4, 0.5) is 0 Å². The van der Waals surface area contributed by atoms with Gasteiger partial charge in [-0.15, -0.1) is 0 Å². The number of hydrogen-bond acceptors (Lipinski definition) is 4. The summed E-state index contributed by atoms with van der Waals surface area (Å²) < 4.78 is 5.02. The smallest absolute Gasteiger partial charge is 0.189 e. The number of rotatable bonds is 1. The Morgan fingerprint density at radius 3 is 3.00 bits per heavy atom. The summed E-state index contributed by atoms with van der Waals surface area (Å²) in [4.78, 5) is 4.41. The lowest BCUT2D eigenvalue weighted by molar-refractivity contribution is -0.155. The molecular formula is C4H10N2O2. The average Bonchev–Trinajstić information content (AvgIpc) is 1.90. The van der Waals surface area contributed by atoms with E-state index in [1.54, 1.807) is 0 Å². The monoisotopic (exact) mass is 118 g/mol. The molecule has 0 radical (unpaired) electrons. The molecule has 4 heteroatoms. The van der Waals surface area contributed by atoms with E-state index in [1.165, 1.54) is 0 Å². The lowest BCUT2D eigenvalue weighted by Crippen LogP contribution is -2.41. The maximum atomic E-state index is 5.02. The van der Waals surface area contributed by atoms with Crippen molar-refractivity contribution < 1.29 is 9.57 Å². The summed E-state index contributed by atoms with van der Waals surface area (Å²) in [6.45, 7) is 2.26. The minimum atomic E-state index is -0.247. The zero-order valence-electron chi connectivity index (χ0n) is 4.59. The molecule has 0 saturated carbocycles. The second kappa shape index (κ2) is 2.99. The highest BCUT2D eigenvalue weighted by Crippen LogP contribution is 1.92. The molecule has 1 aliphatic rings. The number of nitrogens with two attached hydrogens (primary N) is 1. The van der Waals surface area contributed by atoms with Crippen molar-refractivity contribution in [2.24, 2.45) is 5.90 Å². The van der Waals surface area contributed by atoms with Gasteiger partial charge in [-0.05, 0) is 0 Å². The number of hydrogen-bond donors (Lipinski definition) is 2. The van der Waals surface area contributed by atoms with Gasteiger partial charge in [0.15, 0.2) is 6.29 Å². The highest BCUT2D eigenvalue weighted by molar-refractivity contribution is 4.55. The Hall–Kier alpha value is -0.160. The first-order chi connectivity index (χ1) is 3.93. The summed E-state index contributed by atoms with van der Waals surface area (Å²) in [5.41, 5.74) is 0. The van der Waals surface area contributed by atoms with Crippen LogP contribution in [0.3, 0.4) is 0 Å². The largest absolute Gasteiger partial charge is 0.348 e. The Labute approximate surface area is 47.9 Å². The molecule has 0 aromatic heterocycles. The van der Waals surface area contributed by atoms with Crippen LogP contribution < -0.4 is 11.2 Å². The molecule has 8 heavy (non-hydrogen) atoms. The second-order valence-electron chi connectivity index (χ2n) is 1.64. The van der Waals surface area contributed by atoms with E-state index in [0.717, 1.165) is 6.54 Å². The third kappa shape index (κ3) is 1.41. The van der Waals surface area contributed by atoms with Gasteiger partial charge in [-0.2, -0.15) is 0 Å². The van der Waals surface area contributed by atoms with Crippen molar-refractivity contribution in [3.05, 3.63) is 0 Å². The summed E-state index contributed by atoms with van der Waals surface area (Å²) in [6.07, 6.45) is -0.247. The SMILES string of the molecule is NOC1CNCCO1. The third-order valence-corrected chi connectivity index (χ3v) is 1.05. The van der Waals surface area contributed by atoms with Crippen molar-refractivity contribution in [2.45, 2.75) is 6.29 Å². The second-order valence-corrected chi connectivity index (χ2v) is 1.64. The van der Waals surface area contributed by atoms with Gasteiger partial charge in [0.1, 0.15) is 0 Å². The predicted octanol–water partition coefficient (Wildman–Crippen LogP) is -1.18. The molecule has 1 aliphatic heterocycles. The summed E-state index contributed by atoms with van der Waals surface area (Å²) in [5, 5.41) is 3.06. The van der Waals surface area contributed by atoms with Gasteiger partial charge in [0.25, 0.3) is 0 Å². The van der Waals surface area contributed by atoms with Gasteiger partial charge in [0, 0.05) is 13.1 Å². The molecule has 0 spiro atoms. The fourth-order valence-corrected chi connectivity index (χ4v) is 0.629. The summed E-state index contributed by atoms with van der Waals surface area (Å²) in [6, 6.07) is 0. The maximum Gasteiger partial charge on any atom is 0.189 e. The highest BCUT2D eigenvalue weighted by atomic mass is 16.8. The molecule has 1 rings (SSSR count). The van der Waals surface area contributed by atoms with Crippen LogP contribution in [0.5, 0.6) is 0 Å². The average molecular weight is 118 g/mol. The molecule has 0 aliphatic carbocycles. The molecule has 1 unspecified atom stereocenters. The molecule has 1 heterocycles. The van der Waals surface area contributed by atoms with Crippen LogP contribution in [-0.2, 0) is 9.57 Å². The fourth-order valence-electron chi connectivity index (χ4n) is 0.629. The number of nitrogens with one attached hydrogen (secondary N) is 1. The molecule has 0 bridgehead atoms. The van der Waals surface area contributed by atoms with E-state index in [1.807, 2.05) is 0 Å². The summed E-state index contributed by atoms with van der Waals surface area (Å²) in [7, 11) is 0. The van der Waals surface area contributed by atoms with Gasteiger partial charge in [-0.1, -0.05) is 0 Å². The van der Waals surface area contributed by atoms with Crippen LogP contribution in [0, 0.1) is 0 Å². The summed E-state index contributed by atoms with van der Waals surface area (Å²) >= 11 is 0. The minimum absolute atomic E-state index is 0.247. The van der Waals surface area contributed by atoms with Gasteiger partial charge in [0.05, 0.1) is 6.61 Å². The van der Waals surface area contributed by atoms with Gasteiger partial charge in [-0.3, -0.25) is 4.84 Å². The maximum absolute atomic E-state index is 5.02. The van der Waals surface area contributed by atoms with Crippen molar-refractivity contribution >= 4 is 0 Å². The Kier molecular flexibility index (Phi) is 2.23. The van der Waals surface area contributed by atoms with Crippen LogP contribution in [0.25, 0.3) is 0 Å². The first kappa shape index (κ1) is 5.97. The van der Waals surface area contributed by atoms with Crippen molar-refractivity contribution in [2.75, 3.05) is 19.7 Å². The molecule has 0 aromatic rings. The van der Waals surface area contributed by atoms with Crippen LogP contribution in [0.2, 0.25) is 0 Å². The first-order valence-electron chi connectivity index (χ1n) is 2.61. The van der Waals surface area contributed by atoms with Gasteiger partial charge < -0.3 is 10.1 Å². The molecule has 0 aromatic carbocycles. The topological polar surface area (TPSA) is 56.5 Å². The van der Waals surface area contributed by atoms with Crippen molar-refractivity contribution in [3.63, 3.8) is 0 Å². The Morgan fingerprint density at radius 1 is 1.75 bits per heavy atom. The molecule has 0 amide bonds. The van der Waals surface area contributed by atoms with Crippen molar-refractivity contribution in [1.82, 2.24) is 5.32 Å². The molecule has 1 atom stereocenters. The third-order valence-electron chi connectivity index (χ3n) is 1.05. The lowest BCUT2D eigenvalue weighted by Gasteiger charge is -2.20. The zero-order chi connectivity index (χ0) is 5.82. The van der Waals surface area contributed by atoms with E-state index in [-0.39, 0.29) is 6.29 Å².